The zero-order valence-electron chi connectivity index (χ0n) is 19.7. The first-order valence-corrected chi connectivity index (χ1v) is 11.1. The predicted molar refractivity (Wildman–Crippen MR) is 114 cm³/mol. The van der Waals surface area contributed by atoms with Crippen molar-refractivity contribution in [1.82, 2.24) is 0 Å². The number of allylic oxidation sites excluding steroid dienone is 1. The van der Waals surface area contributed by atoms with Crippen LogP contribution in [-0.2, 0) is 47.6 Å². The van der Waals surface area contributed by atoms with Gasteiger partial charge in [0.15, 0.2) is 6.10 Å². The lowest BCUT2D eigenvalue weighted by molar-refractivity contribution is -0.147. The van der Waals surface area contributed by atoms with Gasteiger partial charge in [-0.05, 0) is 20.8 Å². The van der Waals surface area contributed by atoms with Gasteiger partial charge in [-0.1, -0.05) is 18.2 Å². The molecule has 10 nitrogen and oxygen atoms in total. The zero-order valence-corrected chi connectivity index (χ0v) is 19.7. The summed E-state index contributed by atoms with van der Waals surface area (Å²) in [6.45, 7) is 7.27. The van der Waals surface area contributed by atoms with E-state index in [0.717, 1.165) is 0 Å². The monoisotopic (exact) mass is 476 g/mol. The fourth-order valence-corrected chi connectivity index (χ4v) is 4.34. The number of epoxide rings is 2. The Morgan fingerprint density at radius 1 is 1.15 bits per heavy atom. The molecule has 0 aromatic carbocycles. The lowest BCUT2D eigenvalue weighted by Gasteiger charge is -2.26. The Kier molecular flexibility index (Phi) is 6.15. The van der Waals surface area contributed by atoms with Crippen LogP contribution in [0.1, 0.15) is 41.0 Å². The van der Waals surface area contributed by atoms with Gasteiger partial charge in [0.25, 0.3) is 0 Å². The normalized spacial score (nSPS) is 35.9. The van der Waals surface area contributed by atoms with E-state index in [1.807, 2.05) is 19.1 Å². The first-order valence-electron chi connectivity index (χ1n) is 11.1. The van der Waals surface area contributed by atoms with Gasteiger partial charge in [-0.2, -0.15) is 0 Å². The summed E-state index contributed by atoms with van der Waals surface area (Å²) < 4.78 is 33.7. The molecule has 2 fully saturated rings. The second kappa shape index (κ2) is 8.66. The average Bonchev–Trinajstić information content (AvgIpc) is 3.62. The van der Waals surface area contributed by atoms with E-state index in [9.17, 15) is 19.2 Å². The molecule has 3 heterocycles. The molecule has 3 aliphatic heterocycles. The highest BCUT2D eigenvalue weighted by Gasteiger charge is 2.65. The van der Waals surface area contributed by atoms with Gasteiger partial charge in [-0.15, -0.1) is 0 Å². The van der Waals surface area contributed by atoms with Crippen molar-refractivity contribution >= 4 is 23.9 Å². The minimum atomic E-state index is -0.982. The third-order valence-electron chi connectivity index (χ3n) is 6.55. The molecule has 0 bridgehead atoms. The van der Waals surface area contributed by atoms with E-state index in [4.69, 9.17) is 28.4 Å². The highest BCUT2D eigenvalue weighted by molar-refractivity contribution is 5.94. The Balaban J connectivity index is 1.78. The summed E-state index contributed by atoms with van der Waals surface area (Å²) in [5.74, 6) is -2.31. The second-order valence-corrected chi connectivity index (χ2v) is 9.07. The lowest BCUT2D eigenvalue weighted by atomic mass is 9.85. The maximum absolute atomic E-state index is 12.8. The molecule has 0 spiro atoms. The van der Waals surface area contributed by atoms with E-state index in [-0.39, 0.29) is 25.2 Å². The molecule has 34 heavy (non-hydrogen) atoms. The van der Waals surface area contributed by atoms with Gasteiger partial charge in [-0.25, -0.2) is 9.59 Å². The average molecular weight is 476 g/mol. The molecule has 1 aliphatic carbocycles. The van der Waals surface area contributed by atoms with Crippen molar-refractivity contribution in [2.24, 2.45) is 0 Å². The highest BCUT2D eigenvalue weighted by atomic mass is 16.7. The molecule has 4 rings (SSSR count). The van der Waals surface area contributed by atoms with E-state index in [0.29, 0.717) is 11.1 Å². The summed E-state index contributed by atoms with van der Waals surface area (Å²) in [7, 11) is 0. The van der Waals surface area contributed by atoms with Crippen LogP contribution >= 0.6 is 0 Å². The molecule has 0 radical (unpaired) electrons. The molecule has 10 heteroatoms. The largest absolute Gasteiger partial charge is 0.463 e. The molecule has 0 saturated carbocycles. The van der Waals surface area contributed by atoms with Crippen molar-refractivity contribution in [1.29, 1.82) is 0 Å². The fraction of sp³-hybridized carbons (Fsp3) is 0.583. The van der Waals surface area contributed by atoms with E-state index in [1.165, 1.54) is 13.8 Å². The molecular formula is C24H28O10. The maximum atomic E-state index is 12.8. The van der Waals surface area contributed by atoms with Crippen molar-refractivity contribution < 1.29 is 47.6 Å². The minimum Gasteiger partial charge on any atom is -0.463 e. The second-order valence-electron chi connectivity index (χ2n) is 9.07. The first-order chi connectivity index (χ1) is 16.0. The van der Waals surface area contributed by atoms with Crippen LogP contribution in [0.4, 0.5) is 0 Å². The topological polar surface area (TPSA) is 130 Å². The van der Waals surface area contributed by atoms with Crippen molar-refractivity contribution in [2.45, 2.75) is 76.7 Å². The van der Waals surface area contributed by atoms with Gasteiger partial charge in [0.1, 0.15) is 42.7 Å². The third kappa shape index (κ3) is 4.52. The van der Waals surface area contributed by atoms with Gasteiger partial charge in [0.05, 0.1) is 5.57 Å². The fourth-order valence-electron chi connectivity index (χ4n) is 4.34. The summed E-state index contributed by atoms with van der Waals surface area (Å²) in [6.07, 6.45) is 2.61. The molecule has 4 aliphatic rings. The summed E-state index contributed by atoms with van der Waals surface area (Å²) in [4.78, 5) is 48.6. The lowest BCUT2D eigenvalue weighted by Crippen LogP contribution is -2.38. The van der Waals surface area contributed by atoms with Gasteiger partial charge in [-0.3, -0.25) is 9.59 Å². The van der Waals surface area contributed by atoms with E-state index < -0.39 is 59.5 Å². The van der Waals surface area contributed by atoms with Crippen molar-refractivity contribution in [3.8, 4) is 0 Å². The minimum absolute atomic E-state index is 0.0684. The van der Waals surface area contributed by atoms with Gasteiger partial charge < -0.3 is 28.4 Å². The van der Waals surface area contributed by atoms with Crippen LogP contribution in [-0.4, -0.2) is 72.7 Å². The Morgan fingerprint density at radius 2 is 1.85 bits per heavy atom. The summed E-state index contributed by atoms with van der Waals surface area (Å²) >= 11 is 0. The van der Waals surface area contributed by atoms with E-state index >= 15 is 0 Å². The number of ether oxygens (including phenoxy) is 6. The Hall–Kier alpha value is -2.98. The number of fused-ring (bicyclic) bond motifs is 4. The van der Waals surface area contributed by atoms with E-state index in [2.05, 4.69) is 0 Å². The molecule has 0 aromatic rings. The van der Waals surface area contributed by atoms with Gasteiger partial charge in [0.2, 0.25) is 0 Å². The van der Waals surface area contributed by atoms with Gasteiger partial charge in [0, 0.05) is 31.4 Å². The van der Waals surface area contributed by atoms with Crippen LogP contribution in [0.5, 0.6) is 0 Å². The number of hydrogen-bond acceptors (Lipinski definition) is 10. The van der Waals surface area contributed by atoms with Crippen LogP contribution in [0.25, 0.3) is 0 Å². The Bertz CT molecular complexity index is 1020. The van der Waals surface area contributed by atoms with Crippen LogP contribution < -0.4 is 0 Å². The quantitative estimate of drug-likeness (QED) is 0.183. The standard InChI is InChI=1S/C24H28O10/c1-6-12(2)21(27)31-16-9-24(11-30-14(4)26)17(33-24)7-8-23(5)20(34-23)19-18(16)15(22(28)32-19)10-29-13(3)25/h6-8,16-17,19-20H,9-11H2,1-5H3. The van der Waals surface area contributed by atoms with Crippen molar-refractivity contribution in [3.05, 3.63) is 34.9 Å². The highest BCUT2D eigenvalue weighted by Crippen LogP contribution is 2.52. The summed E-state index contributed by atoms with van der Waals surface area (Å²) in [6, 6.07) is 0. The molecule has 2 saturated heterocycles. The summed E-state index contributed by atoms with van der Waals surface area (Å²) in [5.41, 5.74) is -0.875. The predicted octanol–water partition coefficient (Wildman–Crippen LogP) is 1.47. The molecule has 184 valence electrons. The van der Waals surface area contributed by atoms with Crippen LogP contribution in [0.15, 0.2) is 34.9 Å². The van der Waals surface area contributed by atoms with Crippen LogP contribution in [0.3, 0.4) is 0 Å². The maximum Gasteiger partial charge on any atom is 0.338 e. The number of rotatable bonds is 6. The van der Waals surface area contributed by atoms with Gasteiger partial charge >= 0.3 is 23.9 Å². The SMILES string of the molecule is CC=C(C)C(=O)OC1CC2(COC(C)=O)OC2C=CC2(C)OC2C2OC(=O)C(COC(C)=O)=C12. The number of carbonyl (C=O) groups excluding carboxylic acids is 4. The first kappa shape index (κ1) is 24.2. The van der Waals surface area contributed by atoms with E-state index in [1.54, 1.807) is 19.9 Å². The van der Waals surface area contributed by atoms with Crippen LogP contribution in [0.2, 0.25) is 0 Å². The van der Waals surface area contributed by atoms with Crippen molar-refractivity contribution in [3.63, 3.8) is 0 Å². The van der Waals surface area contributed by atoms with Crippen molar-refractivity contribution in [2.75, 3.05) is 13.2 Å². The van der Waals surface area contributed by atoms with Crippen LogP contribution in [0, 0.1) is 0 Å². The third-order valence-corrected chi connectivity index (χ3v) is 6.55. The molecule has 0 amide bonds. The number of esters is 4. The Labute approximate surface area is 196 Å². The Morgan fingerprint density at radius 3 is 2.50 bits per heavy atom. The molecule has 0 N–H and O–H groups in total. The molecular weight excluding hydrogens is 448 g/mol. The molecule has 6 unspecified atom stereocenters. The molecule has 0 aromatic heterocycles. The number of hydrogen-bond donors (Lipinski definition) is 0. The summed E-state index contributed by atoms with van der Waals surface area (Å²) in [5, 5.41) is 0. The smallest absolute Gasteiger partial charge is 0.338 e. The number of carbonyl (C=O) groups is 4. The molecule has 6 atom stereocenters. The zero-order chi connectivity index (χ0) is 24.8.